The highest BCUT2D eigenvalue weighted by molar-refractivity contribution is 9.11. The Morgan fingerprint density at radius 3 is 1.98 bits per heavy atom. The molecule has 1 N–H and O–H groups in total. The van der Waals surface area contributed by atoms with Gasteiger partial charge in [-0.3, -0.25) is 14.4 Å². The highest BCUT2D eigenvalue weighted by Crippen LogP contribution is 2.56. The SMILES string of the molecule is Cc1ccc(COc2c(Br)cc(Br)cc2C2C3=C(CC(C)(C)CC3=O)N(CC(=O)O)C3=C2C(=O)CC(C)(C)C3)cc1. The Kier molecular flexibility index (Phi) is 7.88. The predicted molar refractivity (Wildman–Crippen MR) is 165 cm³/mol. The van der Waals surface area contributed by atoms with Gasteiger partial charge in [0.25, 0.3) is 0 Å². The number of benzene rings is 2. The number of carboxylic acid groups (broad SMARTS) is 1. The van der Waals surface area contributed by atoms with Gasteiger partial charge < -0.3 is 14.7 Å². The van der Waals surface area contributed by atoms with Gasteiger partial charge in [0, 0.05) is 51.3 Å². The predicted octanol–water partition coefficient (Wildman–Crippen LogP) is 7.87. The molecule has 0 aromatic heterocycles. The van der Waals surface area contributed by atoms with Crippen molar-refractivity contribution >= 4 is 49.4 Å². The van der Waals surface area contributed by atoms with E-state index >= 15 is 0 Å². The number of carboxylic acids is 1. The zero-order chi connectivity index (χ0) is 29.9. The molecule has 0 fully saturated rings. The van der Waals surface area contributed by atoms with E-state index < -0.39 is 11.9 Å². The minimum absolute atomic E-state index is 0.0543. The Bertz CT molecular complexity index is 1460. The highest BCUT2D eigenvalue weighted by atomic mass is 79.9. The first-order valence-corrected chi connectivity index (χ1v) is 15.4. The Morgan fingerprint density at radius 2 is 1.46 bits per heavy atom. The molecule has 2 aromatic carbocycles. The van der Waals surface area contributed by atoms with E-state index in [9.17, 15) is 19.5 Å². The zero-order valence-electron chi connectivity index (χ0n) is 24.1. The summed E-state index contributed by atoms with van der Waals surface area (Å²) in [7, 11) is 0. The number of rotatable bonds is 6. The number of allylic oxidation sites excluding steroid dienone is 4. The van der Waals surface area contributed by atoms with E-state index in [1.165, 1.54) is 0 Å². The van der Waals surface area contributed by atoms with Gasteiger partial charge in [-0.05, 0) is 64.2 Å². The second-order valence-electron chi connectivity index (χ2n) is 13.1. The Morgan fingerprint density at radius 1 is 0.927 bits per heavy atom. The van der Waals surface area contributed by atoms with Crippen molar-refractivity contribution in [2.24, 2.45) is 10.8 Å². The van der Waals surface area contributed by atoms with Crippen LogP contribution in [-0.2, 0) is 21.0 Å². The van der Waals surface area contributed by atoms with E-state index in [0.29, 0.717) is 65.1 Å². The first-order valence-electron chi connectivity index (χ1n) is 13.8. The fraction of sp³-hybridized carbons (Fsp3) is 0.424. The van der Waals surface area contributed by atoms with Crippen LogP contribution < -0.4 is 4.74 Å². The van der Waals surface area contributed by atoms with Crippen LogP contribution in [0.3, 0.4) is 0 Å². The fourth-order valence-electron chi connectivity index (χ4n) is 6.47. The molecule has 1 aliphatic heterocycles. The summed E-state index contributed by atoms with van der Waals surface area (Å²) >= 11 is 7.32. The second-order valence-corrected chi connectivity index (χ2v) is 14.9. The molecule has 3 aliphatic rings. The number of aryl methyl sites for hydroxylation is 1. The van der Waals surface area contributed by atoms with Crippen molar-refractivity contribution in [3.05, 3.63) is 84.6 Å². The normalized spacial score (nSPS) is 20.2. The van der Waals surface area contributed by atoms with Gasteiger partial charge in [0.05, 0.1) is 4.47 Å². The second kappa shape index (κ2) is 10.8. The van der Waals surface area contributed by atoms with Gasteiger partial charge in [-0.25, -0.2) is 0 Å². The number of halogens is 2. The average Bonchev–Trinajstić information content (AvgIpc) is 2.83. The Labute approximate surface area is 258 Å². The van der Waals surface area contributed by atoms with Gasteiger partial charge in [-0.15, -0.1) is 0 Å². The molecule has 0 unspecified atom stereocenters. The van der Waals surface area contributed by atoms with Crippen molar-refractivity contribution in [3.8, 4) is 5.75 Å². The van der Waals surface area contributed by atoms with E-state index in [2.05, 4.69) is 31.9 Å². The lowest BCUT2D eigenvalue weighted by molar-refractivity contribution is -0.138. The average molecular weight is 685 g/mol. The van der Waals surface area contributed by atoms with Gasteiger partial charge in [0.15, 0.2) is 11.6 Å². The van der Waals surface area contributed by atoms with E-state index in [1.807, 2.05) is 71.0 Å². The lowest BCUT2D eigenvalue weighted by atomic mass is 9.63. The summed E-state index contributed by atoms with van der Waals surface area (Å²) in [6, 6.07) is 11.9. The van der Waals surface area contributed by atoms with Crippen molar-refractivity contribution in [1.29, 1.82) is 0 Å². The smallest absolute Gasteiger partial charge is 0.323 e. The molecule has 0 bridgehead atoms. The molecule has 0 spiro atoms. The number of hydrogen-bond acceptors (Lipinski definition) is 5. The summed E-state index contributed by atoms with van der Waals surface area (Å²) in [6.45, 7) is 10.2. The molecule has 1 heterocycles. The number of ketones is 2. The van der Waals surface area contributed by atoms with Gasteiger partial charge >= 0.3 is 5.97 Å². The van der Waals surface area contributed by atoms with Crippen LogP contribution in [0.15, 0.2) is 67.9 Å². The number of carbonyl (C=O) groups excluding carboxylic acids is 2. The maximum absolute atomic E-state index is 14.0. The molecule has 8 heteroatoms. The van der Waals surface area contributed by atoms with Crippen LogP contribution in [0.2, 0.25) is 0 Å². The minimum Gasteiger partial charge on any atom is -0.487 e. The number of aliphatic carboxylic acids is 1. The number of ether oxygens (including phenoxy) is 1. The molecule has 6 nitrogen and oxygen atoms in total. The molecule has 0 saturated heterocycles. The highest BCUT2D eigenvalue weighted by Gasteiger charge is 2.50. The zero-order valence-corrected chi connectivity index (χ0v) is 27.2. The van der Waals surface area contributed by atoms with Crippen molar-refractivity contribution in [2.45, 2.75) is 72.8 Å². The summed E-state index contributed by atoms with van der Waals surface area (Å²) in [5, 5.41) is 9.94. The number of carbonyl (C=O) groups is 3. The first kappa shape index (κ1) is 29.8. The van der Waals surface area contributed by atoms with E-state index in [4.69, 9.17) is 4.74 Å². The van der Waals surface area contributed by atoms with Crippen LogP contribution in [-0.4, -0.2) is 34.1 Å². The van der Waals surface area contributed by atoms with Gasteiger partial charge in [0.1, 0.15) is 18.9 Å². The van der Waals surface area contributed by atoms with Crippen LogP contribution in [0.4, 0.5) is 0 Å². The molecule has 5 rings (SSSR count). The van der Waals surface area contributed by atoms with Crippen molar-refractivity contribution in [3.63, 3.8) is 0 Å². The van der Waals surface area contributed by atoms with Crippen LogP contribution >= 0.6 is 31.9 Å². The number of hydrogen-bond donors (Lipinski definition) is 1. The molecule has 0 saturated carbocycles. The van der Waals surface area contributed by atoms with E-state index in [1.54, 1.807) is 4.90 Å². The molecule has 41 heavy (non-hydrogen) atoms. The van der Waals surface area contributed by atoms with Crippen molar-refractivity contribution in [2.75, 3.05) is 6.54 Å². The van der Waals surface area contributed by atoms with Crippen molar-refractivity contribution in [1.82, 2.24) is 4.90 Å². The lowest BCUT2D eigenvalue weighted by Crippen LogP contribution is -2.45. The summed E-state index contributed by atoms with van der Waals surface area (Å²) in [5.74, 6) is -1.19. The summed E-state index contributed by atoms with van der Waals surface area (Å²) in [6.07, 6.45) is 1.72. The third-order valence-corrected chi connectivity index (χ3v) is 9.21. The van der Waals surface area contributed by atoms with Gasteiger partial charge in [-0.2, -0.15) is 0 Å². The molecule has 0 amide bonds. The molecular weight excluding hydrogens is 650 g/mol. The van der Waals surface area contributed by atoms with E-state index in [0.717, 1.165) is 21.2 Å². The molecular formula is C33H35Br2NO5. The molecule has 0 atom stereocenters. The lowest BCUT2D eigenvalue weighted by Gasteiger charge is -2.48. The number of Topliss-reactive ketones (excluding diaryl/α,β-unsaturated/α-hetero) is 2. The maximum Gasteiger partial charge on any atom is 0.323 e. The largest absolute Gasteiger partial charge is 0.487 e. The third kappa shape index (κ3) is 5.96. The quantitative estimate of drug-likeness (QED) is 0.334. The van der Waals surface area contributed by atoms with Crippen molar-refractivity contribution < 1.29 is 24.2 Å². The summed E-state index contributed by atoms with van der Waals surface area (Å²) in [4.78, 5) is 42.0. The Balaban J connectivity index is 1.74. The maximum atomic E-state index is 14.0. The third-order valence-electron chi connectivity index (χ3n) is 8.17. The topological polar surface area (TPSA) is 83.9 Å². The van der Waals surface area contributed by atoms with Crippen LogP contribution in [0, 0.1) is 17.8 Å². The molecule has 216 valence electrons. The van der Waals surface area contributed by atoms with E-state index in [-0.39, 0.29) is 28.9 Å². The summed E-state index contributed by atoms with van der Waals surface area (Å²) in [5.41, 5.74) is 4.65. The monoisotopic (exact) mass is 683 g/mol. The van der Waals surface area contributed by atoms with Gasteiger partial charge in [0.2, 0.25) is 0 Å². The molecule has 2 aromatic rings. The van der Waals surface area contributed by atoms with Crippen LogP contribution in [0.1, 0.15) is 76.0 Å². The van der Waals surface area contributed by atoms with Gasteiger partial charge in [-0.1, -0.05) is 73.5 Å². The Hall–Kier alpha value is -2.71. The fourth-order valence-corrected chi connectivity index (χ4v) is 7.84. The molecule has 0 radical (unpaired) electrons. The standard InChI is InChI=1S/C33H35Br2NO5/c1-18-6-8-19(9-7-18)17-41-31-21(10-20(34)11-22(31)35)28-29-23(12-32(2,3)14-25(29)37)36(16-27(39)40)24-13-33(4,5)15-26(38)30(24)28/h6-11,28H,12-17H2,1-5H3,(H,39,40). The van der Waals surface area contributed by atoms with Crippen LogP contribution in [0.5, 0.6) is 5.75 Å². The van der Waals surface area contributed by atoms with Crippen LogP contribution in [0.25, 0.3) is 0 Å². The minimum atomic E-state index is -0.999. The number of nitrogens with zero attached hydrogens (tertiary/aromatic N) is 1. The summed E-state index contributed by atoms with van der Waals surface area (Å²) < 4.78 is 7.95. The first-order chi connectivity index (χ1) is 19.2. The molecule has 2 aliphatic carbocycles.